The van der Waals surface area contributed by atoms with Crippen molar-refractivity contribution in [3.63, 3.8) is 0 Å². The van der Waals surface area contributed by atoms with E-state index in [1.165, 1.54) is 0 Å². The zero-order chi connectivity index (χ0) is 15.4. The van der Waals surface area contributed by atoms with E-state index in [0.29, 0.717) is 36.4 Å². The summed E-state index contributed by atoms with van der Waals surface area (Å²) in [5, 5.41) is 15.1. The smallest absolute Gasteiger partial charge is 0.319 e. The van der Waals surface area contributed by atoms with Gasteiger partial charge in [0.1, 0.15) is 0 Å². The molecule has 0 aliphatic heterocycles. The average molecular weight is 311 g/mol. The van der Waals surface area contributed by atoms with Crippen LogP contribution < -0.4 is 10.6 Å². The van der Waals surface area contributed by atoms with Crippen LogP contribution in [-0.4, -0.2) is 23.1 Å². The van der Waals surface area contributed by atoms with Crippen molar-refractivity contribution in [1.82, 2.24) is 5.32 Å². The molecule has 0 unspecified atom stereocenters. The minimum absolute atomic E-state index is 0.0170. The summed E-state index contributed by atoms with van der Waals surface area (Å²) < 4.78 is 0. The van der Waals surface area contributed by atoms with Crippen LogP contribution in [0.2, 0.25) is 5.02 Å². The largest absolute Gasteiger partial charge is 0.481 e. The lowest BCUT2D eigenvalue weighted by molar-refractivity contribution is -0.142. The SMILES string of the molecule is Cc1cccc(Cl)c1NC(=O)NC1CCC(C(=O)O)CC1. The van der Waals surface area contributed by atoms with Crippen LogP contribution in [0.1, 0.15) is 31.2 Å². The van der Waals surface area contributed by atoms with E-state index in [2.05, 4.69) is 10.6 Å². The second kappa shape index (κ2) is 6.80. The van der Waals surface area contributed by atoms with Crippen LogP contribution in [-0.2, 0) is 4.79 Å². The zero-order valence-electron chi connectivity index (χ0n) is 11.9. The summed E-state index contributed by atoms with van der Waals surface area (Å²) in [4.78, 5) is 22.9. The third-order valence-corrected chi connectivity index (χ3v) is 4.19. The summed E-state index contributed by atoms with van der Waals surface area (Å²) in [6.07, 6.45) is 2.58. The first-order chi connectivity index (χ1) is 9.97. The molecule has 21 heavy (non-hydrogen) atoms. The van der Waals surface area contributed by atoms with Crippen molar-refractivity contribution in [3.05, 3.63) is 28.8 Å². The van der Waals surface area contributed by atoms with Gasteiger partial charge in [-0.2, -0.15) is 0 Å². The highest BCUT2D eigenvalue weighted by Crippen LogP contribution is 2.26. The Morgan fingerprint density at radius 1 is 1.24 bits per heavy atom. The number of halogens is 1. The highest BCUT2D eigenvalue weighted by Gasteiger charge is 2.26. The maximum Gasteiger partial charge on any atom is 0.319 e. The lowest BCUT2D eigenvalue weighted by atomic mass is 9.86. The fraction of sp³-hybridized carbons (Fsp3) is 0.467. The summed E-state index contributed by atoms with van der Waals surface area (Å²) >= 11 is 6.06. The quantitative estimate of drug-likeness (QED) is 0.800. The Morgan fingerprint density at radius 3 is 2.48 bits per heavy atom. The van der Waals surface area contributed by atoms with Crippen molar-refractivity contribution in [1.29, 1.82) is 0 Å². The number of rotatable bonds is 3. The molecular formula is C15H19ClN2O3. The number of para-hydroxylation sites is 1. The Hall–Kier alpha value is -1.75. The summed E-state index contributed by atoms with van der Waals surface area (Å²) in [7, 11) is 0. The second-order valence-corrected chi connectivity index (χ2v) is 5.82. The minimum atomic E-state index is -0.746. The van der Waals surface area contributed by atoms with Crippen molar-refractivity contribution in [3.8, 4) is 0 Å². The lowest BCUT2D eigenvalue weighted by Crippen LogP contribution is -2.41. The first kappa shape index (κ1) is 15.6. The molecule has 6 heteroatoms. The molecule has 0 spiro atoms. The van der Waals surface area contributed by atoms with Gasteiger partial charge in [-0.3, -0.25) is 4.79 Å². The molecule has 1 aliphatic rings. The van der Waals surface area contributed by atoms with E-state index in [4.69, 9.17) is 16.7 Å². The van der Waals surface area contributed by atoms with E-state index < -0.39 is 5.97 Å². The van der Waals surface area contributed by atoms with Crippen LogP contribution in [0.5, 0.6) is 0 Å². The Kier molecular flexibility index (Phi) is 5.07. The molecule has 2 rings (SSSR count). The molecule has 2 amide bonds. The molecule has 0 aromatic heterocycles. The van der Waals surface area contributed by atoms with Gasteiger partial charge in [-0.1, -0.05) is 23.7 Å². The normalized spacial score (nSPS) is 21.6. The van der Waals surface area contributed by atoms with Gasteiger partial charge in [0.25, 0.3) is 0 Å². The molecule has 1 aliphatic carbocycles. The van der Waals surface area contributed by atoms with Gasteiger partial charge < -0.3 is 15.7 Å². The number of hydrogen-bond donors (Lipinski definition) is 3. The van der Waals surface area contributed by atoms with E-state index in [0.717, 1.165) is 5.56 Å². The minimum Gasteiger partial charge on any atom is -0.481 e. The monoisotopic (exact) mass is 310 g/mol. The van der Waals surface area contributed by atoms with Crippen LogP contribution in [0.15, 0.2) is 18.2 Å². The number of carbonyl (C=O) groups is 2. The van der Waals surface area contributed by atoms with Crippen LogP contribution in [0.4, 0.5) is 10.5 Å². The molecule has 0 bridgehead atoms. The van der Waals surface area contributed by atoms with Gasteiger partial charge in [-0.05, 0) is 44.2 Å². The summed E-state index contributed by atoms with van der Waals surface area (Å²) in [6.45, 7) is 1.87. The van der Waals surface area contributed by atoms with Crippen molar-refractivity contribution >= 4 is 29.3 Å². The fourth-order valence-corrected chi connectivity index (χ4v) is 2.88. The second-order valence-electron chi connectivity index (χ2n) is 5.42. The van der Waals surface area contributed by atoms with Gasteiger partial charge >= 0.3 is 12.0 Å². The molecule has 0 radical (unpaired) electrons. The van der Waals surface area contributed by atoms with Gasteiger partial charge in [0, 0.05) is 6.04 Å². The number of carboxylic acid groups (broad SMARTS) is 1. The topological polar surface area (TPSA) is 78.4 Å². The number of aryl methyl sites for hydroxylation is 1. The number of carboxylic acids is 1. The molecule has 1 aromatic rings. The summed E-state index contributed by atoms with van der Waals surface area (Å²) in [6, 6.07) is 5.14. The molecule has 1 aromatic carbocycles. The Morgan fingerprint density at radius 2 is 1.90 bits per heavy atom. The van der Waals surface area contributed by atoms with Gasteiger partial charge in [0.2, 0.25) is 0 Å². The Balaban J connectivity index is 1.87. The predicted molar refractivity (Wildman–Crippen MR) is 81.7 cm³/mol. The summed E-state index contributed by atoms with van der Waals surface area (Å²) in [5.41, 5.74) is 1.50. The molecular weight excluding hydrogens is 292 g/mol. The zero-order valence-corrected chi connectivity index (χ0v) is 12.6. The van der Waals surface area contributed by atoms with Gasteiger partial charge in [0.05, 0.1) is 16.6 Å². The fourth-order valence-electron chi connectivity index (χ4n) is 2.61. The van der Waals surface area contributed by atoms with E-state index in [1.54, 1.807) is 6.07 Å². The maximum absolute atomic E-state index is 12.0. The first-order valence-electron chi connectivity index (χ1n) is 7.03. The van der Waals surface area contributed by atoms with Gasteiger partial charge in [-0.15, -0.1) is 0 Å². The third-order valence-electron chi connectivity index (χ3n) is 3.87. The average Bonchev–Trinajstić information content (AvgIpc) is 2.43. The maximum atomic E-state index is 12.0. The summed E-state index contributed by atoms with van der Waals surface area (Å²) in [5.74, 6) is -1.03. The van der Waals surface area contributed by atoms with E-state index in [1.807, 2.05) is 19.1 Å². The molecule has 3 N–H and O–H groups in total. The number of anilines is 1. The van der Waals surface area contributed by atoms with Crippen molar-refractivity contribution in [2.45, 2.75) is 38.6 Å². The molecule has 5 nitrogen and oxygen atoms in total. The number of carbonyl (C=O) groups excluding carboxylic acids is 1. The molecule has 1 saturated carbocycles. The van der Waals surface area contributed by atoms with E-state index in [9.17, 15) is 9.59 Å². The molecule has 114 valence electrons. The van der Waals surface area contributed by atoms with E-state index in [-0.39, 0.29) is 18.0 Å². The highest BCUT2D eigenvalue weighted by atomic mass is 35.5. The van der Waals surface area contributed by atoms with Crippen molar-refractivity contribution < 1.29 is 14.7 Å². The number of urea groups is 1. The number of benzene rings is 1. The number of amides is 2. The van der Waals surface area contributed by atoms with E-state index >= 15 is 0 Å². The lowest BCUT2D eigenvalue weighted by Gasteiger charge is -2.27. The van der Waals surface area contributed by atoms with Crippen LogP contribution in [0.25, 0.3) is 0 Å². The predicted octanol–water partition coefficient (Wildman–Crippen LogP) is 3.41. The van der Waals surface area contributed by atoms with Crippen LogP contribution >= 0.6 is 11.6 Å². The third kappa shape index (κ3) is 4.11. The molecule has 1 fully saturated rings. The van der Waals surface area contributed by atoms with Crippen LogP contribution in [0.3, 0.4) is 0 Å². The molecule has 0 saturated heterocycles. The number of aliphatic carboxylic acids is 1. The highest BCUT2D eigenvalue weighted by molar-refractivity contribution is 6.33. The van der Waals surface area contributed by atoms with Crippen LogP contribution in [0, 0.1) is 12.8 Å². The Labute approximate surface area is 128 Å². The van der Waals surface area contributed by atoms with Gasteiger partial charge in [-0.25, -0.2) is 4.79 Å². The molecule has 0 heterocycles. The van der Waals surface area contributed by atoms with Gasteiger partial charge in [0.15, 0.2) is 0 Å². The Bertz CT molecular complexity index is 519. The van der Waals surface area contributed by atoms with Crippen molar-refractivity contribution in [2.75, 3.05) is 5.32 Å². The number of nitrogens with one attached hydrogen (secondary N) is 2. The molecule has 0 atom stereocenters. The first-order valence-corrected chi connectivity index (χ1v) is 7.40. The number of hydrogen-bond acceptors (Lipinski definition) is 2. The van der Waals surface area contributed by atoms with Crippen molar-refractivity contribution in [2.24, 2.45) is 5.92 Å². The standard InChI is InChI=1S/C15H19ClN2O3/c1-9-3-2-4-12(16)13(9)18-15(21)17-11-7-5-10(6-8-11)14(19)20/h2-4,10-11H,5-8H2,1H3,(H,19,20)(H2,17,18,21).